The van der Waals surface area contributed by atoms with Gasteiger partial charge in [-0.15, -0.1) is 0 Å². The van der Waals surface area contributed by atoms with E-state index in [2.05, 4.69) is 24.3 Å². The number of carbonyl (C=O) groups is 1. The van der Waals surface area contributed by atoms with Gasteiger partial charge in [0.25, 0.3) is 0 Å². The van der Waals surface area contributed by atoms with E-state index in [0.29, 0.717) is 12.0 Å². The summed E-state index contributed by atoms with van der Waals surface area (Å²) in [5, 5.41) is 2.96. The average Bonchev–Trinajstić information content (AvgIpc) is 2.18. The molecule has 0 radical (unpaired) electrons. The van der Waals surface area contributed by atoms with Crippen LogP contribution in [0.25, 0.3) is 0 Å². The molecule has 1 atom stereocenters. The minimum absolute atomic E-state index is 0.350. The molecule has 1 aliphatic rings. The summed E-state index contributed by atoms with van der Waals surface area (Å²) in [4.78, 5) is 12.7. The lowest BCUT2D eigenvalue weighted by atomic mass is 9.84. The zero-order valence-corrected chi connectivity index (χ0v) is 9.33. The van der Waals surface area contributed by atoms with Gasteiger partial charge in [0, 0.05) is 12.6 Å². The molecule has 1 amide bonds. The highest BCUT2D eigenvalue weighted by molar-refractivity contribution is 5.46. The standard InChI is InChI=1S/C11H22N2O/c1-13(2)8-11(12-9-14)10-6-4-3-5-7-10/h9-11H,3-8H2,1-2H3,(H,12,14)/t11-/m1/s1. The first-order chi connectivity index (χ1) is 6.74. The van der Waals surface area contributed by atoms with Crippen molar-refractivity contribution < 1.29 is 4.79 Å². The molecule has 82 valence electrons. The van der Waals surface area contributed by atoms with E-state index in [9.17, 15) is 4.79 Å². The minimum Gasteiger partial charge on any atom is -0.354 e. The second-order valence-corrected chi connectivity index (χ2v) is 4.55. The molecule has 0 spiro atoms. The van der Waals surface area contributed by atoms with Crippen LogP contribution in [0, 0.1) is 5.92 Å². The molecule has 1 rings (SSSR count). The highest BCUT2D eigenvalue weighted by atomic mass is 16.1. The van der Waals surface area contributed by atoms with Crippen LogP contribution in [-0.4, -0.2) is 38.0 Å². The van der Waals surface area contributed by atoms with Crippen LogP contribution in [0.5, 0.6) is 0 Å². The summed E-state index contributed by atoms with van der Waals surface area (Å²) in [5.74, 6) is 0.691. The van der Waals surface area contributed by atoms with Crippen molar-refractivity contribution >= 4 is 6.41 Å². The quantitative estimate of drug-likeness (QED) is 0.674. The number of amides is 1. The predicted molar refractivity (Wildman–Crippen MR) is 58.1 cm³/mol. The van der Waals surface area contributed by atoms with Crippen LogP contribution in [0.1, 0.15) is 32.1 Å². The predicted octanol–water partition coefficient (Wildman–Crippen LogP) is 1.24. The summed E-state index contributed by atoms with van der Waals surface area (Å²) < 4.78 is 0. The van der Waals surface area contributed by atoms with Gasteiger partial charge in [0.1, 0.15) is 0 Å². The zero-order chi connectivity index (χ0) is 10.4. The maximum atomic E-state index is 10.5. The molecule has 0 saturated heterocycles. The van der Waals surface area contributed by atoms with Crippen molar-refractivity contribution in [2.45, 2.75) is 38.1 Å². The Bertz CT molecular complexity index is 165. The van der Waals surface area contributed by atoms with Gasteiger partial charge < -0.3 is 10.2 Å². The molecule has 1 N–H and O–H groups in total. The van der Waals surface area contributed by atoms with Crippen LogP contribution in [0.15, 0.2) is 0 Å². The van der Waals surface area contributed by atoms with Crippen molar-refractivity contribution in [3.63, 3.8) is 0 Å². The topological polar surface area (TPSA) is 32.3 Å². The molecule has 0 aromatic heterocycles. The van der Waals surface area contributed by atoms with Gasteiger partial charge in [0.15, 0.2) is 0 Å². The van der Waals surface area contributed by atoms with E-state index < -0.39 is 0 Å². The molecule has 3 heteroatoms. The lowest BCUT2D eigenvalue weighted by molar-refractivity contribution is -0.110. The number of carbonyl (C=O) groups excluding carboxylic acids is 1. The Balaban J connectivity index is 2.42. The zero-order valence-electron chi connectivity index (χ0n) is 9.33. The summed E-state index contributed by atoms with van der Waals surface area (Å²) in [5.41, 5.74) is 0. The van der Waals surface area contributed by atoms with Crippen LogP contribution in [0.3, 0.4) is 0 Å². The molecule has 0 aliphatic heterocycles. The third-order valence-corrected chi connectivity index (χ3v) is 3.06. The molecule has 1 fully saturated rings. The van der Waals surface area contributed by atoms with Crippen molar-refractivity contribution in [2.75, 3.05) is 20.6 Å². The third kappa shape index (κ3) is 3.66. The van der Waals surface area contributed by atoms with Gasteiger partial charge in [-0.2, -0.15) is 0 Å². The maximum absolute atomic E-state index is 10.5. The van der Waals surface area contributed by atoms with Gasteiger partial charge in [-0.05, 0) is 32.9 Å². The molecular formula is C11H22N2O. The van der Waals surface area contributed by atoms with E-state index in [-0.39, 0.29) is 0 Å². The molecule has 3 nitrogen and oxygen atoms in total. The first-order valence-corrected chi connectivity index (χ1v) is 5.58. The number of likely N-dealkylation sites (N-methyl/N-ethyl adjacent to an activating group) is 1. The Morgan fingerprint density at radius 2 is 2.00 bits per heavy atom. The van der Waals surface area contributed by atoms with Crippen LogP contribution in [-0.2, 0) is 4.79 Å². The van der Waals surface area contributed by atoms with Crippen molar-refractivity contribution in [1.29, 1.82) is 0 Å². The Labute approximate surface area is 86.9 Å². The van der Waals surface area contributed by atoms with E-state index in [1.807, 2.05) is 0 Å². The largest absolute Gasteiger partial charge is 0.354 e. The fourth-order valence-corrected chi connectivity index (χ4v) is 2.36. The molecule has 0 aromatic rings. The molecule has 0 aromatic carbocycles. The number of hydrogen-bond donors (Lipinski definition) is 1. The van der Waals surface area contributed by atoms with Crippen molar-refractivity contribution in [1.82, 2.24) is 10.2 Å². The van der Waals surface area contributed by atoms with Crippen LogP contribution in [0.2, 0.25) is 0 Å². The molecule has 0 heterocycles. The Hall–Kier alpha value is -0.570. The summed E-state index contributed by atoms with van der Waals surface area (Å²) in [7, 11) is 4.12. The van der Waals surface area contributed by atoms with Gasteiger partial charge >= 0.3 is 0 Å². The van der Waals surface area contributed by atoms with Gasteiger partial charge in [0.2, 0.25) is 6.41 Å². The normalized spacial score (nSPS) is 20.8. The highest BCUT2D eigenvalue weighted by Gasteiger charge is 2.23. The van der Waals surface area contributed by atoms with Gasteiger partial charge in [-0.25, -0.2) is 0 Å². The van der Waals surface area contributed by atoms with E-state index in [0.717, 1.165) is 13.0 Å². The maximum Gasteiger partial charge on any atom is 0.207 e. The lowest BCUT2D eigenvalue weighted by Crippen LogP contribution is -2.43. The van der Waals surface area contributed by atoms with Crippen LogP contribution < -0.4 is 5.32 Å². The smallest absolute Gasteiger partial charge is 0.207 e. The Kier molecular flexibility index (Phi) is 4.94. The fraction of sp³-hybridized carbons (Fsp3) is 0.909. The van der Waals surface area contributed by atoms with Gasteiger partial charge in [-0.1, -0.05) is 19.3 Å². The molecule has 0 unspecified atom stereocenters. The van der Waals surface area contributed by atoms with E-state index in [1.165, 1.54) is 32.1 Å². The molecule has 14 heavy (non-hydrogen) atoms. The SMILES string of the molecule is CN(C)C[C@@H](NC=O)C1CCCCC1. The van der Waals surface area contributed by atoms with Crippen molar-refractivity contribution in [3.8, 4) is 0 Å². The molecule has 1 saturated carbocycles. The van der Waals surface area contributed by atoms with Crippen LogP contribution in [0.4, 0.5) is 0 Å². The van der Waals surface area contributed by atoms with Crippen molar-refractivity contribution in [3.05, 3.63) is 0 Å². The first kappa shape index (κ1) is 11.5. The number of nitrogens with one attached hydrogen (secondary N) is 1. The summed E-state index contributed by atoms with van der Waals surface area (Å²) >= 11 is 0. The van der Waals surface area contributed by atoms with E-state index >= 15 is 0 Å². The average molecular weight is 198 g/mol. The van der Waals surface area contributed by atoms with Gasteiger partial charge in [0.05, 0.1) is 0 Å². The van der Waals surface area contributed by atoms with Crippen molar-refractivity contribution in [2.24, 2.45) is 5.92 Å². The first-order valence-electron chi connectivity index (χ1n) is 5.58. The monoisotopic (exact) mass is 198 g/mol. The third-order valence-electron chi connectivity index (χ3n) is 3.06. The summed E-state index contributed by atoms with van der Waals surface area (Å²) in [6.07, 6.45) is 7.43. The molecular weight excluding hydrogens is 176 g/mol. The van der Waals surface area contributed by atoms with E-state index in [4.69, 9.17) is 0 Å². The highest BCUT2D eigenvalue weighted by Crippen LogP contribution is 2.26. The molecule has 1 aliphatic carbocycles. The lowest BCUT2D eigenvalue weighted by Gasteiger charge is -2.31. The van der Waals surface area contributed by atoms with Gasteiger partial charge in [-0.3, -0.25) is 4.79 Å². The Morgan fingerprint density at radius 3 is 2.50 bits per heavy atom. The Morgan fingerprint density at radius 1 is 1.36 bits per heavy atom. The summed E-state index contributed by atoms with van der Waals surface area (Å²) in [6, 6.07) is 0.350. The number of nitrogens with zero attached hydrogens (tertiary/aromatic N) is 1. The summed E-state index contributed by atoms with van der Waals surface area (Å²) in [6.45, 7) is 0.962. The van der Waals surface area contributed by atoms with Crippen LogP contribution >= 0.6 is 0 Å². The number of rotatable bonds is 5. The second kappa shape index (κ2) is 6.02. The number of hydrogen-bond acceptors (Lipinski definition) is 2. The van der Waals surface area contributed by atoms with E-state index in [1.54, 1.807) is 0 Å². The minimum atomic E-state index is 0.350. The fourth-order valence-electron chi connectivity index (χ4n) is 2.36. The second-order valence-electron chi connectivity index (χ2n) is 4.55. The molecule has 0 bridgehead atoms.